The van der Waals surface area contributed by atoms with E-state index in [-0.39, 0.29) is 29.0 Å². The molecule has 2 rings (SSSR count). The van der Waals surface area contributed by atoms with E-state index in [9.17, 15) is 22.8 Å². The highest BCUT2D eigenvalue weighted by Gasteiger charge is 2.38. The maximum atomic E-state index is 12.6. The fourth-order valence-electron chi connectivity index (χ4n) is 2.77. The van der Waals surface area contributed by atoms with E-state index in [1.165, 1.54) is 36.7 Å². The number of nitrogens with one attached hydrogen (secondary N) is 1. The Hall–Kier alpha value is -2.49. The van der Waals surface area contributed by atoms with Gasteiger partial charge in [-0.3, -0.25) is 14.8 Å². The van der Waals surface area contributed by atoms with Crippen LogP contribution in [-0.2, 0) is 11.2 Å². The zero-order valence-corrected chi connectivity index (χ0v) is 14.2. The Morgan fingerprint density at radius 1 is 1.31 bits per heavy atom. The fourth-order valence-corrected chi connectivity index (χ4v) is 2.77. The van der Waals surface area contributed by atoms with Gasteiger partial charge >= 0.3 is 6.18 Å². The third kappa shape index (κ3) is 4.18. The van der Waals surface area contributed by atoms with Crippen molar-refractivity contribution in [3.8, 4) is 11.5 Å². The third-order valence-corrected chi connectivity index (χ3v) is 4.17. The Kier molecular flexibility index (Phi) is 5.96. The van der Waals surface area contributed by atoms with Crippen LogP contribution in [0.15, 0.2) is 12.1 Å². The van der Waals surface area contributed by atoms with Crippen molar-refractivity contribution in [2.45, 2.75) is 31.5 Å². The molecule has 0 radical (unpaired) electrons. The molecule has 2 N–H and O–H groups in total. The lowest BCUT2D eigenvalue weighted by molar-refractivity contribution is -0.137. The van der Waals surface area contributed by atoms with Crippen molar-refractivity contribution < 1.29 is 37.4 Å². The van der Waals surface area contributed by atoms with Crippen molar-refractivity contribution in [3.05, 3.63) is 23.3 Å². The van der Waals surface area contributed by atoms with Gasteiger partial charge in [0.25, 0.3) is 11.8 Å². The number of rotatable bonds is 6. The highest BCUT2D eigenvalue weighted by molar-refractivity contribution is 5.99. The van der Waals surface area contributed by atoms with Crippen LogP contribution in [-0.4, -0.2) is 54.9 Å². The first-order valence-corrected chi connectivity index (χ1v) is 7.78. The van der Waals surface area contributed by atoms with Crippen molar-refractivity contribution in [1.29, 1.82) is 0 Å². The van der Waals surface area contributed by atoms with Crippen LogP contribution in [0, 0.1) is 0 Å². The van der Waals surface area contributed by atoms with E-state index in [4.69, 9.17) is 14.7 Å². The smallest absolute Gasteiger partial charge is 0.389 e. The molecule has 0 bridgehead atoms. The molecule has 1 aliphatic heterocycles. The standard InChI is InChI=1S/C16H19F3N2O5/c1-25-12-8-10(15(23)21-6-4-11(21)14(22)20-24)7-9(13(12)26-2)3-5-16(17,18)19/h7-8,11,24H,3-6H2,1-2H3,(H,20,22). The SMILES string of the molecule is COc1cc(C(=O)N2CCC2C(=O)NO)cc(CCC(F)(F)F)c1OC. The minimum Gasteiger partial charge on any atom is -0.493 e. The molecule has 0 aromatic heterocycles. The zero-order valence-electron chi connectivity index (χ0n) is 14.2. The summed E-state index contributed by atoms with van der Waals surface area (Å²) in [6.07, 6.45) is -5.44. The summed E-state index contributed by atoms with van der Waals surface area (Å²) in [4.78, 5) is 25.4. The van der Waals surface area contributed by atoms with Gasteiger partial charge in [0.2, 0.25) is 0 Å². The second-order valence-corrected chi connectivity index (χ2v) is 5.77. The molecule has 2 amide bonds. The molecule has 1 fully saturated rings. The van der Waals surface area contributed by atoms with Crippen LogP contribution in [0.5, 0.6) is 11.5 Å². The number of benzene rings is 1. The summed E-state index contributed by atoms with van der Waals surface area (Å²) >= 11 is 0. The molecule has 144 valence electrons. The third-order valence-electron chi connectivity index (χ3n) is 4.17. The minimum atomic E-state index is -4.36. The Morgan fingerprint density at radius 2 is 2.00 bits per heavy atom. The second-order valence-electron chi connectivity index (χ2n) is 5.77. The summed E-state index contributed by atoms with van der Waals surface area (Å²) in [5.41, 5.74) is 1.75. The van der Waals surface area contributed by atoms with Crippen molar-refractivity contribution in [2.24, 2.45) is 0 Å². The number of ether oxygens (including phenoxy) is 2. The number of nitrogens with zero attached hydrogens (tertiary/aromatic N) is 1. The van der Waals surface area contributed by atoms with Crippen LogP contribution in [0.3, 0.4) is 0 Å². The minimum absolute atomic E-state index is 0.0789. The van der Waals surface area contributed by atoms with Crippen LogP contribution < -0.4 is 15.0 Å². The number of alkyl halides is 3. The number of amides is 2. The van der Waals surface area contributed by atoms with Gasteiger partial charge in [-0.1, -0.05) is 0 Å². The molecule has 0 spiro atoms. The maximum Gasteiger partial charge on any atom is 0.389 e. The topological polar surface area (TPSA) is 88.1 Å². The number of hydroxylamine groups is 1. The van der Waals surface area contributed by atoms with Crippen molar-refractivity contribution in [1.82, 2.24) is 10.4 Å². The molecule has 7 nitrogen and oxygen atoms in total. The van der Waals surface area contributed by atoms with E-state index >= 15 is 0 Å². The van der Waals surface area contributed by atoms with Crippen molar-refractivity contribution in [3.63, 3.8) is 0 Å². The first-order chi connectivity index (χ1) is 12.2. The molecule has 0 saturated carbocycles. The lowest BCUT2D eigenvalue weighted by Gasteiger charge is -2.39. The highest BCUT2D eigenvalue weighted by atomic mass is 19.4. The van der Waals surface area contributed by atoms with Gasteiger partial charge in [-0.2, -0.15) is 13.2 Å². The van der Waals surface area contributed by atoms with E-state index in [1.54, 1.807) is 0 Å². The van der Waals surface area contributed by atoms with Gasteiger partial charge in [0.1, 0.15) is 6.04 Å². The van der Waals surface area contributed by atoms with E-state index < -0.39 is 30.5 Å². The van der Waals surface area contributed by atoms with Crippen LogP contribution in [0.2, 0.25) is 0 Å². The zero-order chi connectivity index (χ0) is 19.5. The maximum absolute atomic E-state index is 12.6. The van der Waals surface area contributed by atoms with Crippen LogP contribution >= 0.6 is 0 Å². The fraction of sp³-hybridized carbons (Fsp3) is 0.500. The number of hydrogen-bond donors (Lipinski definition) is 2. The normalized spacial score (nSPS) is 16.7. The summed E-state index contributed by atoms with van der Waals surface area (Å²) < 4.78 is 48.0. The summed E-state index contributed by atoms with van der Waals surface area (Å²) in [7, 11) is 2.61. The number of likely N-dealkylation sites (tertiary alicyclic amines) is 1. The molecule has 26 heavy (non-hydrogen) atoms. The van der Waals surface area contributed by atoms with Crippen molar-refractivity contribution >= 4 is 11.8 Å². The molecule has 1 saturated heterocycles. The molecule has 1 unspecified atom stereocenters. The van der Waals surface area contributed by atoms with Gasteiger partial charge < -0.3 is 14.4 Å². The average molecular weight is 376 g/mol. The van der Waals surface area contributed by atoms with Crippen LogP contribution in [0.25, 0.3) is 0 Å². The van der Waals surface area contributed by atoms with Gasteiger partial charge in [0, 0.05) is 18.5 Å². The van der Waals surface area contributed by atoms with E-state index in [0.29, 0.717) is 13.0 Å². The quantitative estimate of drug-likeness (QED) is 0.585. The molecule has 1 aromatic carbocycles. The van der Waals surface area contributed by atoms with Gasteiger partial charge in [-0.15, -0.1) is 0 Å². The number of hydrogen-bond acceptors (Lipinski definition) is 5. The lowest BCUT2D eigenvalue weighted by Crippen LogP contribution is -2.57. The Morgan fingerprint density at radius 3 is 2.46 bits per heavy atom. The first kappa shape index (κ1) is 19.8. The molecule has 0 aliphatic carbocycles. The predicted molar refractivity (Wildman–Crippen MR) is 83.3 cm³/mol. The first-order valence-electron chi connectivity index (χ1n) is 7.78. The molecule has 10 heteroatoms. The summed E-state index contributed by atoms with van der Waals surface area (Å²) in [5, 5.41) is 8.70. The number of methoxy groups -OCH3 is 2. The Labute approximate surface area is 147 Å². The number of aryl methyl sites for hydroxylation is 1. The van der Waals surface area contributed by atoms with E-state index in [2.05, 4.69) is 0 Å². The Balaban J connectivity index is 2.33. The van der Waals surface area contributed by atoms with E-state index in [1.807, 2.05) is 0 Å². The molecule has 1 heterocycles. The summed E-state index contributed by atoms with van der Waals surface area (Å²) in [6, 6.07) is 1.84. The van der Waals surface area contributed by atoms with Crippen molar-refractivity contribution in [2.75, 3.05) is 20.8 Å². The average Bonchev–Trinajstić information content (AvgIpc) is 2.56. The van der Waals surface area contributed by atoms with Crippen LogP contribution in [0.4, 0.5) is 13.2 Å². The molecule has 1 aliphatic rings. The van der Waals surface area contributed by atoms with Gasteiger partial charge in [0.05, 0.1) is 14.2 Å². The lowest BCUT2D eigenvalue weighted by atomic mass is 9.98. The number of carbonyl (C=O) groups is 2. The van der Waals surface area contributed by atoms with Crippen LogP contribution in [0.1, 0.15) is 28.8 Å². The Bertz CT molecular complexity index is 693. The second kappa shape index (κ2) is 7.81. The van der Waals surface area contributed by atoms with Gasteiger partial charge in [-0.25, -0.2) is 5.48 Å². The summed E-state index contributed by atoms with van der Waals surface area (Å²) in [6.45, 7) is 0.295. The molecular formula is C16H19F3N2O5. The number of halogens is 3. The largest absolute Gasteiger partial charge is 0.493 e. The predicted octanol–water partition coefficient (Wildman–Crippen LogP) is 1.92. The van der Waals surface area contributed by atoms with Gasteiger partial charge in [-0.05, 0) is 30.5 Å². The molecular weight excluding hydrogens is 357 g/mol. The van der Waals surface area contributed by atoms with Gasteiger partial charge in [0.15, 0.2) is 11.5 Å². The summed E-state index contributed by atoms with van der Waals surface area (Å²) in [5.74, 6) is -1.01. The molecule has 1 aromatic rings. The number of carbonyl (C=O) groups excluding carboxylic acids is 2. The molecule has 1 atom stereocenters. The van der Waals surface area contributed by atoms with E-state index in [0.717, 1.165) is 0 Å². The highest BCUT2D eigenvalue weighted by Crippen LogP contribution is 2.36. The monoisotopic (exact) mass is 376 g/mol.